The van der Waals surface area contributed by atoms with Crippen LogP contribution in [0.15, 0.2) is 6.20 Å². The van der Waals surface area contributed by atoms with Crippen molar-refractivity contribution in [1.29, 1.82) is 0 Å². The number of hydrogen-bond acceptors (Lipinski definition) is 5. The van der Waals surface area contributed by atoms with Crippen molar-refractivity contribution in [3.8, 4) is 11.8 Å². The second-order valence-corrected chi connectivity index (χ2v) is 4.97. The number of nitrogens with one attached hydrogen (secondary N) is 1. The molecule has 1 amide bonds. The molecule has 0 unspecified atom stereocenters. The maximum atomic E-state index is 11.3. The van der Waals surface area contributed by atoms with Crippen molar-refractivity contribution in [1.82, 2.24) is 15.3 Å². The molecule has 0 aliphatic heterocycles. The van der Waals surface area contributed by atoms with E-state index in [9.17, 15) is 4.79 Å². The average molecular weight is 283 g/mol. The molecule has 0 radical (unpaired) electrons. The Morgan fingerprint density at radius 1 is 1.58 bits per heavy atom. The second-order valence-electron chi connectivity index (χ2n) is 4.58. The molecule has 0 spiro atoms. The van der Waals surface area contributed by atoms with E-state index in [-0.39, 0.29) is 17.5 Å². The zero-order valence-corrected chi connectivity index (χ0v) is 11.7. The zero-order chi connectivity index (χ0) is 14.5. The van der Waals surface area contributed by atoms with Crippen molar-refractivity contribution in [2.75, 3.05) is 12.3 Å². The molecule has 1 rings (SSSR count). The van der Waals surface area contributed by atoms with E-state index in [1.54, 1.807) is 20.8 Å². The molecule has 0 atom stereocenters. The van der Waals surface area contributed by atoms with Crippen LogP contribution in [0.3, 0.4) is 0 Å². The van der Waals surface area contributed by atoms with Gasteiger partial charge in [-0.1, -0.05) is 17.5 Å². The van der Waals surface area contributed by atoms with Gasteiger partial charge in [0.25, 0.3) is 0 Å². The molecule has 0 saturated heterocycles. The summed E-state index contributed by atoms with van der Waals surface area (Å²) in [6.07, 6.45) is 0.820. The number of alkyl carbamates (subject to hydrolysis) is 1. The molecular formula is C12H15ClN4O2. The Labute approximate surface area is 116 Å². The number of nitrogens with zero attached hydrogens (tertiary/aromatic N) is 2. The third kappa shape index (κ3) is 5.93. The van der Waals surface area contributed by atoms with Gasteiger partial charge < -0.3 is 15.8 Å². The van der Waals surface area contributed by atoms with Crippen LogP contribution < -0.4 is 11.1 Å². The molecular weight excluding hydrogens is 268 g/mol. The predicted molar refractivity (Wildman–Crippen MR) is 72.6 cm³/mol. The number of aromatic nitrogens is 2. The maximum absolute atomic E-state index is 11.3. The van der Waals surface area contributed by atoms with E-state index in [2.05, 4.69) is 27.1 Å². The minimum atomic E-state index is -0.538. The number of nitrogen functional groups attached to an aromatic ring is 1. The van der Waals surface area contributed by atoms with E-state index in [1.807, 2.05) is 0 Å². The van der Waals surface area contributed by atoms with Crippen LogP contribution in [0.2, 0.25) is 5.15 Å². The van der Waals surface area contributed by atoms with Gasteiger partial charge in [-0.25, -0.2) is 14.8 Å². The molecule has 0 bridgehead atoms. The number of carbonyl (C=O) groups is 1. The molecule has 1 heterocycles. The van der Waals surface area contributed by atoms with Gasteiger partial charge in [-0.3, -0.25) is 0 Å². The summed E-state index contributed by atoms with van der Waals surface area (Å²) in [6, 6.07) is 0. The molecule has 0 aromatic carbocycles. The quantitative estimate of drug-likeness (QED) is 0.764. The number of anilines is 1. The third-order valence-electron chi connectivity index (χ3n) is 1.70. The Morgan fingerprint density at radius 2 is 2.26 bits per heavy atom. The van der Waals surface area contributed by atoms with Gasteiger partial charge in [-0.05, 0) is 26.7 Å². The van der Waals surface area contributed by atoms with Crippen LogP contribution in [0.5, 0.6) is 0 Å². The van der Waals surface area contributed by atoms with Crippen molar-refractivity contribution >= 4 is 23.5 Å². The van der Waals surface area contributed by atoms with Crippen LogP contribution in [0, 0.1) is 11.8 Å². The standard InChI is InChI=1S/C12H15ClN4O2/c1-12(2,3)19-11(18)15-6-4-5-8-10(14)17-9(13)7-16-8/h7H,6H2,1-3H3,(H2,14,17)(H,15,18). The van der Waals surface area contributed by atoms with Crippen molar-refractivity contribution in [2.24, 2.45) is 0 Å². The Balaban J connectivity index is 2.50. The summed E-state index contributed by atoms with van der Waals surface area (Å²) in [4.78, 5) is 19.0. The lowest BCUT2D eigenvalue weighted by Crippen LogP contribution is -2.32. The molecule has 7 heteroatoms. The normalized spacial score (nSPS) is 10.3. The number of rotatable bonds is 1. The molecule has 0 aliphatic carbocycles. The summed E-state index contributed by atoms with van der Waals surface area (Å²) < 4.78 is 5.04. The van der Waals surface area contributed by atoms with E-state index in [0.29, 0.717) is 5.69 Å². The van der Waals surface area contributed by atoms with E-state index in [1.165, 1.54) is 6.20 Å². The Hall–Kier alpha value is -2.00. The predicted octanol–water partition coefficient (Wildman–Crippen LogP) is 1.59. The minimum Gasteiger partial charge on any atom is -0.444 e. The monoisotopic (exact) mass is 282 g/mol. The van der Waals surface area contributed by atoms with Gasteiger partial charge in [0.1, 0.15) is 10.8 Å². The summed E-state index contributed by atoms with van der Waals surface area (Å²) in [6.45, 7) is 5.46. The zero-order valence-electron chi connectivity index (χ0n) is 11.0. The van der Waals surface area contributed by atoms with Gasteiger partial charge in [0, 0.05) is 0 Å². The molecule has 0 fully saturated rings. The highest BCUT2D eigenvalue weighted by atomic mass is 35.5. The van der Waals surface area contributed by atoms with Crippen LogP contribution in [0.4, 0.5) is 10.6 Å². The summed E-state index contributed by atoms with van der Waals surface area (Å²) in [5.74, 6) is 5.52. The minimum absolute atomic E-state index is 0.124. The molecule has 3 N–H and O–H groups in total. The second kappa shape index (κ2) is 6.25. The summed E-state index contributed by atoms with van der Waals surface area (Å²) in [5.41, 5.74) is 5.35. The summed E-state index contributed by atoms with van der Waals surface area (Å²) in [5, 5.41) is 2.69. The fourth-order valence-corrected chi connectivity index (χ4v) is 1.18. The van der Waals surface area contributed by atoms with E-state index in [4.69, 9.17) is 22.1 Å². The summed E-state index contributed by atoms with van der Waals surface area (Å²) in [7, 11) is 0. The Kier molecular flexibility index (Phi) is 4.95. The number of halogens is 1. The average Bonchev–Trinajstić information content (AvgIpc) is 2.24. The molecule has 102 valence electrons. The summed E-state index contributed by atoms with van der Waals surface area (Å²) >= 11 is 5.61. The highest BCUT2D eigenvalue weighted by molar-refractivity contribution is 6.29. The van der Waals surface area contributed by atoms with Gasteiger partial charge in [0.15, 0.2) is 11.5 Å². The highest BCUT2D eigenvalue weighted by Crippen LogP contribution is 2.08. The van der Waals surface area contributed by atoms with E-state index >= 15 is 0 Å². The smallest absolute Gasteiger partial charge is 0.408 e. The van der Waals surface area contributed by atoms with E-state index in [0.717, 1.165) is 0 Å². The van der Waals surface area contributed by atoms with E-state index < -0.39 is 11.7 Å². The fraction of sp³-hybridized carbons (Fsp3) is 0.417. The maximum Gasteiger partial charge on any atom is 0.408 e. The fourth-order valence-electron chi connectivity index (χ4n) is 1.04. The van der Waals surface area contributed by atoms with Gasteiger partial charge >= 0.3 is 6.09 Å². The third-order valence-corrected chi connectivity index (χ3v) is 1.88. The number of carbonyl (C=O) groups excluding carboxylic acids is 1. The first-order valence-electron chi connectivity index (χ1n) is 5.51. The number of ether oxygens (including phenoxy) is 1. The van der Waals surface area contributed by atoms with Crippen LogP contribution in [-0.2, 0) is 4.74 Å². The Morgan fingerprint density at radius 3 is 2.84 bits per heavy atom. The van der Waals surface area contributed by atoms with Crippen molar-refractivity contribution in [3.05, 3.63) is 17.0 Å². The topological polar surface area (TPSA) is 90.1 Å². The lowest BCUT2D eigenvalue weighted by Gasteiger charge is -2.18. The lowest BCUT2D eigenvalue weighted by molar-refractivity contribution is 0.0535. The van der Waals surface area contributed by atoms with Gasteiger partial charge in [-0.15, -0.1) is 0 Å². The molecule has 1 aromatic heterocycles. The largest absolute Gasteiger partial charge is 0.444 e. The molecule has 6 nitrogen and oxygen atoms in total. The van der Waals surface area contributed by atoms with Gasteiger partial charge in [-0.2, -0.15) is 0 Å². The van der Waals surface area contributed by atoms with Crippen LogP contribution in [-0.4, -0.2) is 28.2 Å². The van der Waals surface area contributed by atoms with Crippen molar-refractivity contribution in [3.63, 3.8) is 0 Å². The number of hydrogen-bond donors (Lipinski definition) is 2. The first-order valence-corrected chi connectivity index (χ1v) is 5.89. The molecule has 1 aromatic rings. The highest BCUT2D eigenvalue weighted by Gasteiger charge is 2.14. The Bertz CT molecular complexity index is 529. The van der Waals surface area contributed by atoms with Crippen LogP contribution in [0.25, 0.3) is 0 Å². The number of nitrogens with two attached hydrogens (primary N) is 1. The molecule has 0 saturated carbocycles. The first-order chi connectivity index (χ1) is 8.78. The lowest BCUT2D eigenvalue weighted by atomic mass is 10.2. The SMILES string of the molecule is CC(C)(C)OC(=O)NCC#Cc1ncc(Cl)nc1N. The number of amides is 1. The van der Waals surface area contributed by atoms with Gasteiger partial charge in [0.2, 0.25) is 0 Å². The molecule has 0 aliphatic rings. The van der Waals surface area contributed by atoms with Crippen molar-refractivity contribution in [2.45, 2.75) is 26.4 Å². The van der Waals surface area contributed by atoms with Crippen LogP contribution in [0.1, 0.15) is 26.5 Å². The molecule has 19 heavy (non-hydrogen) atoms. The van der Waals surface area contributed by atoms with Gasteiger partial charge in [0.05, 0.1) is 12.7 Å². The first kappa shape index (κ1) is 15.1. The van der Waals surface area contributed by atoms with Crippen LogP contribution >= 0.6 is 11.6 Å². The van der Waals surface area contributed by atoms with Crippen molar-refractivity contribution < 1.29 is 9.53 Å².